The molecular formula is C14H12N6. The van der Waals surface area contributed by atoms with Gasteiger partial charge in [0.2, 0.25) is 0 Å². The quantitative estimate of drug-likeness (QED) is 0.427. The van der Waals surface area contributed by atoms with E-state index in [2.05, 4.69) is 25.7 Å². The molecule has 0 spiro atoms. The van der Waals surface area contributed by atoms with Gasteiger partial charge in [0, 0.05) is 28.7 Å². The zero-order valence-corrected chi connectivity index (χ0v) is 10.6. The molecule has 3 N–H and O–H groups in total. The molecule has 6 nitrogen and oxygen atoms in total. The monoisotopic (exact) mass is 264 g/mol. The van der Waals surface area contributed by atoms with Crippen LogP contribution in [-0.4, -0.2) is 21.0 Å². The average molecular weight is 264 g/mol. The van der Waals surface area contributed by atoms with Crippen LogP contribution >= 0.6 is 0 Å². The Kier molecular flexibility index (Phi) is 3.20. The van der Waals surface area contributed by atoms with Crippen molar-refractivity contribution in [2.24, 2.45) is 10.8 Å². The molecule has 2 aromatic heterocycles. The normalized spacial score (nSPS) is 11.5. The van der Waals surface area contributed by atoms with Gasteiger partial charge in [0.15, 0.2) is 11.7 Å². The van der Waals surface area contributed by atoms with Gasteiger partial charge in [-0.2, -0.15) is 10.2 Å². The molecule has 0 saturated carbocycles. The van der Waals surface area contributed by atoms with Gasteiger partial charge in [-0.1, -0.05) is 24.3 Å². The van der Waals surface area contributed by atoms with E-state index in [9.17, 15) is 0 Å². The van der Waals surface area contributed by atoms with Crippen LogP contribution in [0.5, 0.6) is 0 Å². The molecule has 0 radical (unpaired) electrons. The first-order valence-electron chi connectivity index (χ1n) is 6.04. The van der Waals surface area contributed by atoms with Crippen LogP contribution in [0.3, 0.4) is 0 Å². The molecule has 20 heavy (non-hydrogen) atoms. The van der Waals surface area contributed by atoms with Crippen LogP contribution in [0.1, 0.15) is 5.56 Å². The highest BCUT2D eigenvalue weighted by atomic mass is 15.4. The van der Waals surface area contributed by atoms with Gasteiger partial charge in [-0.15, -0.1) is 5.10 Å². The van der Waals surface area contributed by atoms with Crippen LogP contribution in [0.15, 0.2) is 60.1 Å². The number of nitrogens with two attached hydrogens (primary N) is 1. The number of nitrogens with zero attached hydrogens (tertiary/aromatic N) is 4. The Bertz CT molecular complexity index is 748. The fraction of sp³-hybridized carbons (Fsp3) is 0. The maximum atomic E-state index is 5.89. The summed E-state index contributed by atoms with van der Waals surface area (Å²) in [5.41, 5.74) is 9.48. The van der Waals surface area contributed by atoms with Crippen molar-refractivity contribution in [1.29, 1.82) is 0 Å². The second-order valence-electron chi connectivity index (χ2n) is 4.13. The largest absolute Gasteiger partial charge is 0.382 e. The summed E-state index contributed by atoms with van der Waals surface area (Å²) in [5.74, 6) is 0.905. The minimum absolute atomic E-state index is 0.341. The van der Waals surface area contributed by atoms with Crippen molar-refractivity contribution in [3.63, 3.8) is 0 Å². The Hall–Kier alpha value is -3.02. The lowest BCUT2D eigenvalue weighted by molar-refractivity contribution is 1.04. The summed E-state index contributed by atoms with van der Waals surface area (Å²) in [6, 6.07) is 11.4. The molecule has 0 aliphatic carbocycles. The predicted octanol–water partition coefficient (Wildman–Crippen LogP) is 1.76. The smallest absolute Gasteiger partial charge is 0.176 e. The molecule has 98 valence electrons. The van der Waals surface area contributed by atoms with E-state index in [1.807, 2.05) is 30.3 Å². The highest BCUT2D eigenvalue weighted by Crippen LogP contribution is 2.19. The maximum Gasteiger partial charge on any atom is 0.176 e. The molecule has 6 heteroatoms. The Labute approximate surface area is 115 Å². The van der Waals surface area contributed by atoms with Crippen molar-refractivity contribution in [3.05, 3.63) is 60.6 Å². The number of anilines is 1. The first-order chi connectivity index (χ1) is 9.84. The third kappa shape index (κ3) is 2.39. The number of amidine groups is 1. The van der Waals surface area contributed by atoms with Crippen LogP contribution in [0.25, 0.3) is 10.8 Å². The summed E-state index contributed by atoms with van der Waals surface area (Å²) in [6.07, 6.45) is 5.03. The van der Waals surface area contributed by atoms with Gasteiger partial charge in [-0.05, 0) is 12.1 Å². The summed E-state index contributed by atoms with van der Waals surface area (Å²) in [4.78, 5) is 3.99. The van der Waals surface area contributed by atoms with E-state index in [0.717, 1.165) is 16.3 Å². The summed E-state index contributed by atoms with van der Waals surface area (Å²) >= 11 is 0. The molecule has 0 unspecified atom stereocenters. The molecule has 0 aliphatic heterocycles. The van der Waals surface area contributed by atoms with E-state index in [4.69, 9.17) is 5.73 Å². The highest BCUT2D eigenvalue weighted by molar-refractivity contribution is 5.98. The van der Waals surface area contributed by atoms with Crippen LogP contribution < -0.4 is 11.2 Å². The Morgan fingerprint density at radius 1 is 1.10 bits per heavy atom. The molecule has 3 aromatic rings. The van der Waals surface area contributed by atoms with Gasteiger partial charge in [-0.25, -0.2) is 0 Å². The fourth-order valence-electron chi connectivity index (χ4n) is 1.80. The van der Waals surface area contributed by atoms with Crippen molar-refractivity contribution >= 4 is 22.4 Å². The second-order valence-corrected chi connectivity index (χ2v) is 4.13. The molecule has 3 rings (SSSR count). The van der Waals surface area contributed by atoms with E-state index in [1.165, 1.54) is 0 Å². The Morgan fingerprint density at radius 3 is 2.85 bits per heavy atom. The molecule has 0 amide bonds. The van der Waals surface area contributed by atoms with Crippen molar-refractivity contribution in [2.45, 2.75) is 0 Å². The summed E-state index contributed by atoms with van der Waals surface area (Å²) in [6.45, 7) is 0. The Morgan fingerprint density at radius 2 is 2.00 bits per heavy atom. The Balaban J connectivity index is 1.91. The van der Waals surface area contributed by atoms with Crippen LogP contribution in [0.2, 0.25) is 0 Å². The molecule has 1 aromatic carbocycles. The first-order valence-corrected chi connectivity index (χ1v) is 6.04. The lowest BCUT2D eigenvalue weighted by Crippen LogP contribution is -2.15. The van der Waals surface area contributed by atoms with Gasteiger partial charge < -0.3 is 5.73 Å². The molecule has 2 heterocycles. The van der Waals surface area contributed by atoms with Gasteiger partial charge in [-0.3, -0.25) is 10.4 Å². The van der Waals surface area contributed by atoms with Crippen molar-refractivity contribution in [3.8, 4) is 0 Å². The lowest BCUT2D eigenvalue weighted by Gasteiger charge is -2.04. The number of hydrogen-bond acceptors (Lipinski definition) is 5. The maximum absolute atomic E-state index is 5.89. The number of aromatic nitrogens is 3. The first kappa shape index (κ1) is 12.0. The second kappa shape index (κ2) is 5.31. The number of pyridine rings is 1. The minimum Gasteiger partial charge on any atom is -0.382 e. The van der Waals surface area contributed by atoms with Gasteiger partial charge in [0.1, 0.15) is 0 Å². The van der Waals surface area contributed by atoms with Crippen LogP contribution in [-0.2, 0) is 0 Å². The zero-order valence-electron chi connectivity index (χ0n) is 10.6. The number of rotatable bonds is 3. The van der Waals surface area contributed by atoms with Crippen molar-refractivity contribution in [2.75, 3.05) is 5.43 Å². The molecule has 0 atom stereocenters. The van der Waals surface area contributed by atoms with Gasteiger partial charge >= 0.3 is 0 Å². The number of nitrogens with one attached hydrogen (secondary N) is 1. The number of benzene rings is 1. The minimum atomic E-state index is 0.341. The van der Waals surface area contributed by atoms with Gasteiger partial charge in [0.25, 0.3) is 0 Å². The van der Waals surface area contributed by atoms with Crippen LogP contribution in [0, 0.1) is 0 Å². The molecule has 0 bridgehead atoms. The fourth-order valence-corrected chi connectivity index (χ4v) is 1.80. The summed E-state index contributed by atoms with van der Waals surface area (Å²) < 4.78 is 0. The number of fused-ring (bicyclic) bond motifs is 1. The molecular weight excluding hydrogens is 252 g/mol. The van der Waals surface area contributed by atoms with E-state index in [-0.39, 0.29) is 0 Å². The SMILES string of the molecule is N/C(=N/Nc1nncc2ccccc12)c1cccnc1. The number of hydrogen-bond donors (Lipinski definition) is 2. The predicted molar refractivity (Wildman–Crippen MR) is 78.1 cm³/mol. The third-order valence-electron chi connectivity index (χ3n) is 2.81. The van der Waals surface area contributed by atoms with E-state index in [1.54, 1.807) is 24.7 Å². The molecule has 0 aliphatic rings. The molecule has 0 fully saturated rings. The van der Waals surface area contributed by atoms with Crippen LogP contribution in [0.4, 0.5) is 5.82 Å². The van der Waals surface area contributed by atoms with E-state index >= 15 is 0 Å². The number of hydrazone groups is 1. The van der Waals surface area contributed by atoms with Gasteiger partial charge in [0.05, 0.1) is 6.20 Å². The zero-order chi connectivity index (χ0) is 13.8. The third-order valence-corrected chi connectivity index (χ3v) is 2.81. The van der Waals surface area contributed by atoms with E-state index in [0.29, 0.717) is 11.7 Å². The standard InChI is InChI=1S/C14H12N6/c15-13(11-5-3-7-16-8-11)18-20-14-12-6-2-1-4-10(12)9-17-19-14/h1-9H,(H2,15,18)(H,19,20). The summed E-state index contributed by atoms with van der Waals surface area (Å²) in [5, 5.41) is 14.0. The van der Waals surface area contributed by atoms with Crippen molar-refractivity contribution in [1.82, 2.24) is 15.2 Å². The van der Waals surface area contributed by atoms with Crippen molar-refractivity contribution < 1.29 is 0 Å². The summed E-state index contributed by atoms with van der Waals surface area (Å²) in [7, 11) is 0. The average Bonchev–Trinajstić information content (AvgIpc) is 2.53. The lowest BCUT2D eigenvalue weighted by atomic mass is 10.2. The topological polar surface area (TPSA) is 89.1 Å². The highest BCUT2D eigenvalue weighted by Gasteiger charge is 2.02. The molecule has 0 saturated heterocycles. The van der Waals surface area contributed by atoms with E-state index < -0.39 is 0 Å².